The molecule has 1 saturated carbocycles. The molecule has 1 unspecified atom stereocenters. The van der Waals surface area contributed by atoms with E-state index in [1.54, 1.807) is 0 Å². The lowest BCUT2D eigenvalue weighted by Crippen LogP contribution is -2.58. The Labute approximate surface area is 217 Å². The van der Waals surface area contributed by atoms with Crippen LogP contribution in [-0.2, 0) is 16.8 Å². The molecule has 6 rings (SSSR count). The first-order valence-corrected chi connectivity index (χ1v) is 13.6. The van der Waals surface area contributed by atoms with Crippen LogP contribution in [0.2, 0.25) is 0 Å². The van der Waals surface area contributed by atoms with Crippen LogP contribution in [0.15, 0.2) is 6.07 Å². The van der Waals surface area contributed by atoms with E-state index in [1.807, 2.05) is 29.7 Å². The lowest BCUT2D eigenvalue weighted by molar-refractivity contribution is 0.0250. The first-order chi connectivity index (χ1) is 17.8. The van der Waals surface area contributed by atoms with Gasteiger partial charge in [0, 0.05) is 62.6 Å². The van der Waals surface area contributed by atoms with Crippen LogP contribution in [0, 0.1) is 5.92 Å². The maximum Gasteiger partial charge on any atom is 0.321 e. The number of H-pyrrole nitrogens is 2. The van der Waals surface area contributed by atoms with E-state index in [-0.39, 0.29) is 11.9 Å². The number of nitrogens with zero attached hydrogens (tertiary/aromatic N) is 5. The van der Waals surface area contributed by atoms with Gasteiger partial charge in [-0.3, -0.25) is 19.9 Å². The Kier molecular flexibility index (Phi) is 6.22. The number of carbonyl (C=O) groups is 2. The number of rotatable bonds is 5. The first-order valence-electron chi connectivity index (χ1n) is 13.6. The fourth-order valence-electron chi connectivity index (χ4n) is 6.03. The molecule has 5 heterocycles. The van der Waals surface area contributed by atoms with Crippen molar-refractivity contribution in [3.63, 3.8) is 0 Å². The zero-order chi connectivity index (χ0) is 25.7. The number of urea groups is 1. The largest absolute Gasteiger partial charge is 0.381 e. The highest BCUT2D eigenvalue weighted by atomic mass is 16.5. The molecule has 0 bridgehead atoms. The van der Waals surface area contributed by atoms with Gasteiger partial charge in [0.25, 0.3) is 5.91 Å². The second-order valence-electron chi connectivity index (χ2n) is 11.6. The lowest BCUT2D eigenvalue weighted by Gasteiger charge is -2.44. The van der Waals surface area contributed by atoms with Crippen LogP contribution in [0.25, 0.3) is 0 Å². The molecule has 200 valence electrons. The Balaban J connectivity index is 1.10. The molecule has 3 aliphatic heterocycles. The summed E-state index contributed by atoms with van der Waals surface area (Å²) in [7, 11) is 0. The minimum Gasteiger partial charge on any atom is -0.381 e. The second kappa shape index (κ2) is 9.43. The molecule has 2 aromatic rings. The van der Waals surface area contributed by atoms with Crippen molar-refractivity contribution in [1.82, 2.24) is 35.1 Å². The predicted octanol–water partition coefficient (Wildman–Crippen LogP) is 2.87. The molecule has 11 heteroatoms. The SMILES string of the molecule is CC1CN(C(=O)N2Cc3c(NC(=O)c4cc(C5CC5)[nH]n4)n[nH]c3C2(C)C)CCN1CC1CCOCC1. The predicted molar refractivity (Wildman–Crippen MR) is 137 cm³/mol. The van der Waals surface area contributed by atoms with Gasteiger partial charge >= 0.3 is 6.03 Å². The molecular weight excluding hydrogens is 472 g/mol. The Morgan fingerprint density at radius 1 is 1.14 bits per heavy atom. The molecule has 37 heavy (non-hydrogen) atoms. The van der Waals surface area contributed by atoms with Gasteiger partial charge in [-0.05, 0) is 58.4 Å². The van der Waals surface area contributed by atoms with Gasteiger partial charge in [-0.15, -0.1) is 0 Å². The summed E-state index contributed by atoms with van der Waals surface area (Å²) >= 11 is 0. The third kappa shape index (κ3) is 4.63. The van der Waals surface area contributed by atoms with Crippen LogP contribution in [0.5, 0.6) is 0 Å². The van der Waals surface area contributed by atoms with Crippen molar-refractivity contribution in [3.05, 3.63) is 28.7 Å². The number of aromatic nitrogens is 4. The second-order valence-corrected chi connectivity index (χ2v) is 11.6. The summed E-state index contributed by atoms with van der Waals surface area (Å²) in [5.41, 5.74) is 2.53. The quantitative estimate of drug-likeness (QED) is 0.569. The number of aromatic amines is 2. The summed E-state index contributed by atoms with van der Waals surface area (Å²) in [6.07, 6.45) is 4.53. The topological polar surface area (TPSA) is 122 Å². The van der Waals surface area contributed by atoms with Crippen LogP contribution in [-0.4, -0.2) is 92.5 Å². The summed E-state index contributed by atoms with van der Waals surface area (Å²) in [4.78, 5) is 33.0. The fourth-order valence-corrected chi connectivity index (χ4v) is 6.03. The van der Waals surface area contributed by atoms with E-state index in [9.17, 15) is 9.59 Å². The highest BCUT2D eigenvalue weighted by Gasteiger charge is 2.46. The molecule has 4 aliphatic rings. The lowest BCUT2D eigenvalue weighted by atomic mass is 9.98. The third-order valence-electron chi connectivity index (χ3n) is 8.65. The van der Waals surface area contributed by atoms with Gasteiger partial charge in [0.05, 0.1) is 17.8 Å². The summed E-state index contributed by atoms with van der Waals surface area (Å²) in [6, 6.07) is 2.17. The van der Waals surface area contributed by atoms with E-state index in [0.717, 1.165) is 75.5 Å². The minimum atomic E-state index is -0.559. The van der Waals surface area contributed by atoms with Crippen LogP contribution >= 0.6 is 0 Å². The smallest absolute Gasteiger partial charge is 0.321 e. The van der Waals surface area contributed by atoms with Crippen molar-refractivity contribution in [3.8, 4) is 0 Å². The highest BCUT2D eigenvalue weighted by molar-refractivity contribution is 6.03. The molecule has 0 radical (unpaired) electrons. The molecule has 2 aromatic heterocycles. The van der Waals surface area contributed by atoms with E-state index < -0.39 is 5.54 Å². The van der Waals surface area contributed by atoms with Crippen molar-refractivity contribution >= 4 is 17.8 Å². The molecule has 2 saturated heterocycles. The number of hydrogen-bond donors (Lipinski definition) is 3. The van der Waals surface area contributed by atoms with Crippen molar-refractivity contribution in [1.29, 1.82) is 0 Å². The Morgan fingerprint density at radius 2 is 1.92 bits per heavy atom. The van der Waals surface area contributed by atoms with E-state index >= 15 is 0 Å². The maximum atomic E-state index is 13.7. The summed E-state index contributed by atoms with van der Waals surface area (Å²) in [5, 5.41) is 17.5. The van der Waals surface area contributed by atoms with Crippen LogP contribution in [0.4, 0.5) is 10.6 Å². The number of fused-ring (bicyclic) bond motifs is 1. The Bertz CT molecular complexity index is 1160. The summed E-state index contributed by atoms with van der Waals surface area (Å²) < 4.78 is 5.51. The number of hydrogen-bond acceptors (Lipinski definition) is 6. The van der Waals surface area contributed by atoms with E-state index in [2.05, 4.69) is 37.5 Å². The number of nitrogens with one attached hydrogen (secondary N) is 3. The highest BCUT2D eigenvalue weighted by Crippen LogP contribution is 2.42. The normalized spacial score (nSPS) is 24.4. The number of piperazine rings is 1. The van der Waals surface area contributed by atoms with Crippen LogP contribution in [0.3, 0.4) is 0 Å². The standard InChI is InChI=1S/C26H38N8O3/c1-16-13-33(9-8-32(16)14-17-6-10-37-11-7-17)25(36)34-15-19-22(26(34,2)3)30-31-23(19)27-24(35)21-12-20(28-29-21)18-4-5-18/h12,16-18H,4-11,13-15H2,1-3H3,(H,28,29)(H2,27,30,31,35). The van der Waals surface area contributed by atoms with Crippen LogP contribution < -0.4 is 5.32 Å². The average Bonchev–Trinajstić information content (AvgIpc) is 3.36. The van der Waals surface area contributed by atoms with Gasteiger partial charge in [0.15, 0.2) is 11.5 Å². The molecule has 3 fully saturated rings. The zero-order valence-corrected chi connectivity index (χ0v) is 22.0. The van der Waals surface area contributed by atoms with Crippen molar-refractivity contribution < 1.29 is 14.3 Å². The van der Waals surface area contributed by atoms with Crippen LogP contribution in [0.1, 0.15) is 79.8 Å². The van der Waals surface area contributed by atoms with Crippen molar-refractivity contribution in [2.75, 3.05) is 44.7 Å². The third-order valence-corrected chi connectivity index (χ3v) is 8.65. The van der Waals surface area contributed by atoms with Gasteiger partial charge in [0.1, 0.15) is 0 Å². The molecule has 0 aromatic carbocycles. The van der Waals surface area contributed by atoms with Crippen molar-refractivity contribution in [2.24, 2.45) is 5.92 Å². The molecule has 3 amide bonds. The minimum absolute atomic E-state index is 0.0332. The average molecular weight is 511 g/mol. The number of ether oxygens (including phenoxy) is 1. The maximum absolute atomic E-state index is 13.7. The molecule has 3 N–H and O–H groups in total. The van der Waals surface area contributed by atoms with Gasteiger partial charge in [-0.2, -0.15) is 10.2 Å². The molecular formula is C26H38N8O3. The Morgan fingerprint density at radius 3 is 2.65 bits per heavy atom. The van der Waals surface area contributed by atoms with E-state index in [4.69, 9.17) is 4.74 Å². The molecule has 11 nitrogen and oxygen atoms in total. The summed E-state index contributed by atoms with van der Waals surface area (Å²) in [5.74, 6) is 1.35. The number of anilines is 1. The number of amides is 3. The van der Waals surface area contributed by atoms with Gasteiger partial charge in [0.2, 0.25) is 0 Å². The molecule has 1 aliphatic carbocycles. The van der Waals surface area contributed by atoms with E-state index in [1.165, 1.54) is 0 Å². The van der Waals surface area contributed by atoms with Gasteiger partial charge < -0.3 is 19.9 Å². The zero-order valence-electron chi connectivity index (χ0n) is 22.0. The first kappa shape index (κ1) is 24.4. The number of carbonyl (C=O) groups excluding carboxylic acids is 2. The summed E-state index contributed by atoms with van der Waals surface area (Å²) in [6.45, 7) is 11.8. The Hall–Kier alpha value is -2.92. The van der Waals surface area contributed by atoms with Gasteiger partial charge in [-0.1, -0.05) is 0 Å². The molecule has 1 atom stereocenters. The molecule has 0 spiro atoms. The fraction of sp³-hybridized carbons (Fsp3) is 0.692. The van der Waals surface area contributed by atoms with Gasteiger partial charge in [-0.25, -0.2) is 4.79 Å². The van der Waals surface area contributed by atoms with E-state index in [0.29, 0.717) is 42.5 Å². The monoisotopic (exact) mass is 510 g/mol. The van der Waals surface area contributed by atoms with Crippen molar-refractivity contribution in [2.45, 2.75) is 70.5 Å².